The van der Waals surface area contributed by atoms with Crippen LogP contribution < -0.4 is 0 Å². The van der Waals surface area contributed by atoms with Crippen LogP contribution in [0.4, 0.5) is 0 Å². The smallest absolute Gasteiger partial charge is 0.250 e. The number of hydrogen-bond acceptors (Lipinski definition) is 6. The van der Waals surface area contributed by atoms with Crippen molar-refractivity contribution >= 4 is 5.91 Å². The van der Waals surface area contributed by atoms with Crippen LogP contribution in [-0.4, -0.2) is 85.7 Å². The summed E-state index contributed by atoms with van der Waals surface area (Å²) < 4.78 is 1.68. The molecule has 4 heterocycles. The van der Waals surface area contributed by atoms with Gasteiger partial charge >= 0.3 is 0 Å². The Hall–Kier alpha value is -2.32. The molecule has 2 aliphatic heterocycles. The van der Waals surface area contributed by atoms with Gasteiger partial charge < -0.3 is 4.90 Å². The third-order valence-electron chi connectivity index (χ3n) is 6.19. The number of nitrogens with zero attached hydrogens (tertiary/aromatic N) is 7. The minimum Gasteiger partial charge on any atom is -0.339 e. The van der Waals surface area contributed by atoms with Gasteiger partial charge in [0.15, 0.2) is 0 Å². The van der Waals surface area contributed by atoms with Crippen LogP contribution in [0, 0.1) is 0 Å². The van der Waals surface area contributed by atoms with Crippen molar-refractivity contribution in [3.05, 3.63) is 35.9 Å². The molecule has 8 heteroatoms. The first-order valence-corrected chi connectivity index (χ1v) is 10.8. The van der Waals surface area contributed by atoms with Crippen molar-refractivity contribution in [2.75, 3.05) is 39.3 Å². The summed E-state index contributed by atoms with van der Waals surface area (Å²) in [7, 11) is 0. The summed E-state index contributed by atoms with van der Waals surface area (Å²) in [6, 6.07) is 2.51. The fourth-order valence-electron chi connectivity index (χ4n) is 4.43. The van der Waals surface area contributed by atoms with E-state index in [9.17, 15) is 4.79 Å². The van der Waals surface area contributed by atoms with Crippen LogP contribution in [0.5, 0.6) is 0 Å². The summed E-state index contributed by atoms with van der Waals surface area (Å²) in [6.07, 6.45) is 8.65. The molecule has 0 atom stereocenters. The molecule has 0 saturated carbocycles. The van der Waals surface area contributed by atoms with Crippen LogP contribution in [0.15, 0.2) is 24.7 Å². The molecule has 4 rings (SSSR count). The number of aromatic nitrogens is 4. The Kier molecular flexibility index (Phi) is 6.20. The molecule has 156 valence electrons. The highest BCUT2D eigenvalue weighted by molar-refractivity contribution is 5.78. The molecule has 0 N–H and O–H groups in total. The number of carbonyl (C=O) groups excluding carboxylic acids is 1. The van der Waals surface area contributed by atoms with Crippen LogP contribution in [0.25, 0.3) is 5.95 Å². The van der Waals surface area contributed by atoms with E-state index in [0.717, 1.165) is 56.9 Å². The van der Waals surface area contributed by atoms with Crippen molar-refractivity contribution in [1.29, 1.82) is 0 Å². The Labute approximate surface area is 172 Å². The van der Waals surface area contributed by atoms with Crippen molar-refractivity contribution in [3.8, 4) is 5.95 Å². The minimum atomic E-state index is 0.242. The number of rotatable bonds is 6. The van der Waals surface area contributed by atoms with Gasteiger partial charge in [-0.1, -0.05) is 13.8 Å². The quantitative estimate of drug-likeness (QED) is 0.733. The van der Waals surface area contributed by atoms with Crippen molar-refractivity contribution in [3.63, 3.8) is 0 Å². The number of amides is 1. The molecular formula is C21H31N7O. The average Bonchev–Trinajstić information content (AvgIpc) is 3.30. The lowest BCUT2D eigenvalue weighted by atomic mass is 10.1. The Bertz CT molecular complexity index is 810. The summed E-state index contributed by atoms with van der Waals surface area (Å²) in [5, 5.41) is 4.20. The zero-order valence-corrected chi connectivity index (χ0v) is 17.5. The van der Waals surface area contributed by atoms with Gasteiger partial charge in [-0.3, -0.25) is 14.6 Å². The predicted octanol–water partition coefficient (Wildman–Crippen LogP) is 1.35. The Morgan fingerprint density at radius 2 is 1.93 bits per heavy atom. The van der Waals surface area contributed by atoms with Gasteiger partial charge in [-0.25, -0.2) is 14.6 Å². The summed E-state index contributed by atoms with van der Waals surface area (Å²) >= 11 is 0. The summed E-state index contributed by atoms with van der Waals surface area (Å²) in [6.45, 7) is 10.2. The van der Waals surface area contributed by atoms with Crippen LogP contribution in [0.3, 0.4) is 0 Å². The zero-order valence-electron chi connectivity index (χ0n) is 17.5. The number of fused-ring (bicyclic) bond motifs is 1. The first kappa shape index (κ1) is 20.0. The van der Waals surface area contributed by atoms with Crippen molar-refractivity contribution in [1.82, 2.24) is 34.4 Å². The normalized spacial score (nSPS) is 18.2. The van der Waals surface area contributed by atoms with Gasteiger partial charge in [0.05, 0.1) is 12.2 Å². The molecular weight excluding hydrogens is 366 g/mol. The van der Waals surface area contributed by atoms with E-state index in [1.165, 1.54) is 12.8 Å². The molecule has 0 unspecified atom stereocenters. The summed E-state index contributed by atoms with van der Waals surface area (Å²) in [5.41, 5.74) is 2.17. The SMILES string of the molecule is CCC(CC)N1CCN(C(=O)CN2CCc3nc(-n4cccn4)ncc3C2)CC1. The van der Waals surface area contributed by atoms with Crippen molar-refractivity contribution in [2.45, 2.75) is 45.7 Å². The monoisotopic (exact) mass is 397 g/mol. The van der Waals surface area contributed by atoms with E-state index in [0.29, 0.717) is 18.5 Å². The fourth-order valence-corrected chi connectivity index (χ4v) is 4.43. The van der Waals surface area contributed by atoms with E-state index in [-0.39, 0.29) is 5.91 Å². The van der Waals surface area contributed by atoms with Gasteiger partial charge in [0, 0.05) is 75.9 Å². The molecule has 2 aliphatic rings. The maximum atomic E-state index is 12.8. The van der Waals surface area contributed by atoms with Gasteiger partial charge in [-0.2, -0.15) is 5.10 Å². The fraction of sp³-hybridized carbons (Fsp3) is 0.619. The van der Waals surface area contributed by atoms with E-state index in [1.807, 2.05) is 23.4 Å². The lowest BCUT2D eigenvalue weighted by Crippen LogP contribution is -2.53. The van der Waals surface area contributed by atoms with Crippen LogP contribution >= 0.6 is 0 Å². The Balaban J connectivity index is 1.31. The molecule has 2 aromatic rings. The highest BCUT2D eigenvalue weighted by Crippen LogP contribution is 2.18. The summed E-state index contributed by atoms with van der Waals surface area (Å²) in [5.74, 6) is 0.848. The second kappa shape index (κ2) is 9.00. The van der Waals surface area contributed by atoms with Crippen LogP contribution in [0.2, 0.25) is 0 Å². The third-order valence-corrected chi connectivity index (χ3v) is 6.19. The molecule has 0 radical (unpaired) electrons. The van der Waals surface area contributed by atoms with Gasteiger partial charge in [0.25, 0.3) is 5.95 Å². The Morgan fingerprint density at radius 3 is 2.62 bits per heavy atom. The first-order valence-electron chi connectivity index (χ1n) is 10.8. The molecule has 2 aromatic heterocycles. The molecule has 0 spiro atoms. The second-order valence-corrected chi connectivity index (χ2v) is 7.94. The number of hydrogen-bond donors (Lipinski definition) is 0. The highest BCUT2D eigenvalue weighted by atomic mass is 16.2. The lowest BCUT2D eigenvalue weighted by Gasteiger charge is -2.39. The zero-order chi connectivity index (χ0) is 20.2. The molecule has 8 nitrogen and oxygen atoms in total. The molecule has 0 bridgehead atoms. The van der Waals surface area contributed by atoms with Gasteiger partial charge in [0.2, 0.25) is 5.91 Å². The standard InChI is InChI=1S/C21H31N7O/c1-3-18(4-2)26-10-12-27(13-11-26)20(29)16-25-9-6-19-17(15-25)14-22-21(24-19)28-8-5-7-23-28/h5,7-8,14,18H,3-4,6,9-13,15-16H2,1-2H3. The highest BCUT2D eigenvalue weighted by Gasteiger charge is 2.27. The number of piperazine rings is 1. The predicted molar refractivity (Wildman–Crippen MR) is 111 cm³/mol. The largest absolute Gasteiger partial charge is 0.339 e. The molecule has 1 fully saturated rings. The van der Waals surface area contributed by atoms with Gasteiger partial charge in [0.1, 0.15) is 0 Å². The van der Waals surface area contributed by atoms with Gasteiger partial charge in [-0.15, -0.1) is 0 Å². The third kappa shape index (κ3) is 4.48. The van der Waals surface area contributed by atoms with Gasteiger partial charge in [-0.05, 0) is 18.9 Å². The molecule has 0 aliphatic carbocycles. The molecule has 1 saturated heterocycles. The van der Waals surface area contributed by atoms with E-state index in [4.69, 9.17) is 0 Å². The second-order valence-electron chi connectivity index (χ2n) is 7.94. The minimum absolute atomic E-state index is 0.242. The first-order chi connectivity index (χ1) is 14.2. The van der Waals surface area contributed by atoms with E-state index in [2.05, 4.69) is 38.7 Å². The maximum Gasteiger partial charge on any atom is 0.250 e. The maximum absolute atomic E-state index is 12.8. The van der Waals surface area contributed by atoms with Crippen molar-refractivity contribution < 1.29 is 4.79 Å². The summed E-state index contributed by atoms with van der Waals surface area (Å²) in [4.78, 5) is 28.7. The number of carbonyl (C=O) groups is 1. The lowest BCUT2D eigenvalue weighted by molar-refractivity contribution is -0.134. The van der Waals surface area contributed by atoms with E-state index < -0.39 is 0 Å². The van der Waals surface area contributed by atoms with Crippen molar-refractivity contribution in [2.24, 2.45) is 0 Å². The molecule has 0 aromatic carbocycles. The van der Waals surface area contributed by atoms with Crippen LogP contribution in [-0.2, 0) is 17.8 Å². The van der Waals surface area contributed by atoms with Crippen LogP contribution in [0.1, 0.15) is 37.9 Å². The average molecular weight is 398 g/mol. The van der Waals surface area contributed by atoms with E-state index in [1.54, 1.807) is 10.9 Å². The molecule has 1 amide bonds. The molecule has 29 heavy (non-hydrogen) atoms. The van der Waals surface area contributed by atoms with E-state index >= 15 is 0 Å². The Morgan fingerprint density at radius 1 is 1.14 bits per heavy atom. The topological polar surface area (TPSA) is 70.4 Å².